The Labute approximate surface area is 158 Å². The van der Waals surface area contributed by atoms with Gasteiger partial charge in [-0.05, 0) is 37.6 Å². The first-order chi connectivity index (χ1) is 12.1. The van der Waals surface area contributed by atoms with E-state index in [0.717, 1.165) is 43.3 Å². The Morgan fingerprint density at radius 3 is 2.76 bits per heavy atom. The molecule has 0 saturated carbocycles. The molecule has 0 atom stereocenters. The van der Waals surface area contributed by atoms with Gasteiger partial charge in [0.2, 0.25) is 0 Å². The molecule has 25 heavy (non-hydrogen) atoms. The molecule has 0 aliphatic heterocycles. The monoisotopic (exact) mass is 380 g/mol. The number of hydrogen-bond acceptors (Lipinski definition) is 4. The number of hydrogen-bond donors (Lipinski definition) is 1. The maximum atomic E-state index is 5.87. The Balaban J connectivity index is 1.65. The molecule has 0 amide bonds. The van der Waals surface area contributed by atoms with Gasteiger partial charge < -0.3 is 15.0 Å². The zero-order chi connectivity index (χ0) is 18.1. The third-order valence-electron chi connectivity index (χ3n) is 3.60. The van der Waals surface area contributed by atoms with Crippen LogP contribution in [0.15, 0.2) is 34.6 Å². The molecule has 0 saturated heterocycles. The highest BCUT2D eigenvalue weighted by Crippen LogP contribution is 2.15. The minimum Gasteiger partial charge on any atom is -0.492 e. The first-order valence-electron chi connectivity index (χ1n) is 8.29. The van der Waals surface area contributed by atoms with Crippen LogP contribution in [-0.4, -0.2) is 49.6 Å². The van der Waals surface area contributed by atoms with Gasteiger partial charge in [0, 0.05) is 43.2 Å². The predicted molar refractivity (Wildman–Crippen MR) is 106 cm³/mol. The molecule has 2 aromatic rings. The number of likely N-dealkylation sites (N-methyl/N-ethyl adjacent to an activating group) is 1. The van der Waals surface area contributed by atoms with E-state index in [9.17, 15) is 0 Å². The van der Waals surface area contributed by atoms with E-state index >= 15 is 0 Å². The lowest BCUT2D eigenvalue weighted by Crippen LogP contribution is -2.41. The van der Waals surface area contributed by atoms with Crippen LogP contribution in [0.1, 0.15) is 17.1 Å². The quantitative estimate of drug-likeness (QED) is 0.431. The average molecular weight is 381 g/mol. The van der Waals surface area contributed by atoms with Gasteiger partial charge in [-0.25, -0.2) is 4.98 Å². The molecule has 5 nitrogen and oxygen atoms in total. The summed E-state index contributed by atoms with van der Waals surface area (Å²) >= 11 is 7.59. The summed E-state index contributed by atoms with van der Waals surface area (Å²) < 4.78 is 5.72. The molecule has 7 heteroatoms. The van der Waals surface area contributed by atoms with Crippen molar-refractivity contribution in [3.8, 4) is 5.75 Å². The van der Waals surface area contributed by atoms with Crippen LogP contribution in [0, 0.1) is 6.92 Å². The van der Waals surface area contributed by atoms with E-state index in [2.05, 4.69) is 25.6 Å². The number of halogens is 1. The van der Waals surface area contributed by atoms with E-state index in [1.54, 1.807) is 18.4 Å². The van der Waals surface area contributed by atoms with Gasteiger partial charge in [-0.3, -0.25) is 4.99 Å². The van der Waals surface area contributed by atoms with Crippen LogP contribution in [-0.2, 0) is 6.42 Å². The van der Waals surface area contributed by atoms with Crippen LogP contribution in [0.3, 0.4) is 0 Å². The lowest BCUT2D eigenvalue weighted by atomic mass is 10.3. The number of aliphatic imine (C=N–C) groups is 1. The van der Waals surface area contributed by atoms with Crippen LogP contribution in [0.4, 0.5) is 0 Å². The van der Waals surface area contributed by atoms with Crippen molar-refractivity contribution in [2.75, 3.05) is 33.8 Å². The van der Waals surface area contributed by atoms with Gasteiger partial charge in [-0.1, -0.05) is 11.6 Å². The molecule has 0 fully saturated rings. The number of nitrogens with one attached hydrogen (secondary N) is 1. The second kappa shape index (κ2) is 10.3. The van der Waals surface area contributed by atoms with Gasteiger partial charge >= 0.3 is 0 Å². The maximum Gasteiger partial charge on any atom is 0.193 e. The average Bonchev–Trinajstić information content (AvgIpc) is 3.02. The number of aryl methyl sites for hydroxylation is 2. The Bertz CT molecular complexity index is 672. The summed E-state index contributed by atoms with van der Waals surface area (Å²) in [4.78, 5) is 10.9. The van der Waals surface area contributed by atoms with Crippen molar-refractivity contribution >= 4 is 28.9 Å². The summed E-state index contributed by atoms with van der Waals surface area (Å²) in [5.74, 6) is 1.69. The van der Waals surface area contributed by atoms with Crippen molar-refractivity contribution in [1.82, 2.24) is 15.2 Å². The van der Waals surface area contributed by atoms with Crippen LogP contribution < -0.4 is 10.1 Å². The minimum absolute atomic E-state index is 0.581. The third kappa shape index (κ3) is 6.92. The normalized spacial score (nSPS) is 11.4. The van der Waals surface area contributed by atoms with E-state index in [-0.39, 0.29) is 0 Å². The summed E-state index contributed by atoms with van der Waals surface area (Å²) in [6, 6.07) is 7.39. The number of aromatic nitrogens is 1. The molecule has 1 heterocycles. The first-order valence-corrected chi connectivity index (χ1v) is 9.55. The summed E-state index contributed by atoms with van der Waals surface area (Å²) in [5.41, 5.74) is 1.10. The maximum absolute atomic E-state index is 5.87. The van der Waals surface area contributed by atoms with Crippen molar-refractivity contribution in [2.24, 2.45) is 4.99 Å². The Hall–Kier alpha value is -1.79. The lowest BCUT2D eigenvalue weighted by Gasteiger charge is -2.22. The number of nitrogens with zero attached hydrogens (tertiary/aromatic N) is 3. The SMILES string of the molecule is CN=C(NCCCc1nc(C)cs1)N(C)CCOc1ccc(Cl)cc1. The van der Waals surface area contributed by atoms with Gasteiger partial charge in [-0.15, -0.1) is 11.3 Å². The number of rotatable bonds is 8. The molecule has 0 radical (unpaired) electrons. The first kappa shape index (κ1) is 19.5. The van der Waals surface area contributed by atoms with Gasteiger partial charge in [0.15, 0.2) is 5.96 Å². The van der Waals surface area contributed by atoms with E-state index in [1.165, 1.54) is 5.01 Å². The molecule has 0 spiro atoms. The molecular formula is C18H25ClN4OS. The summed E-state index contributed by atoms with van der Waals surface area (Å²) in [7, 11) is 3.80. The molecule has 1 aromatic carbocycles. The zero-order valence-corrected chi connectivity index (χ0v) is 16.5. The molecule has 0 bridgehead atoms. The van der Waals surface area contributed by atoms with Crippen molar-refractivity contribution < 1.29 is 4.74 Å². The highest BCUT2D eigenvalue weighted by Gasteiger charge is 2.06. The van der Waals surface area contributed by atoms with Crippen LogP contribution in [0.25, 0.3) is 0 Å². The van der Waals surface area contributed by atoms with Crippen LogP contribution in [0.2, 0.25) is 5.02 Å². The van der Waals surface area contributed by atoms with Crippen molar-refractivity contribution in [1.29, 1.82) is 0 Å². The minimum atomic E-state index is 0.581. The fourth-order valence-corrected chi connectivity index (χ4v) is 3.22. The van der Waals surface area contributed by atoms with Gasteiger partial charge in [0.25, 0.3) is 0 Å². The van der Waals surface area contributed by atoms with Crippen molar-refractivity contribution in [3.05, 3.63) is 45.4 Å². The van der Waals surface area contributed by atoms with E-state index in [4.69, 9.17) is 16.3 Å². The largest absolute Gasteiger partial charge is 0.492 e. The molecule has 1 aromatic heterocycles. The number of ether oxygens (including phenoxy) is 1. The van der Waals surface area contributed by atoms with Crippen molar-refractivity contribution in [2.45, 2.75) is 19.8 Å². The number of benzene rings is 1. The highest BCUT2D eigenvalue weighted by atomic mass is 35.5. The van der Waals surface area contributed by atoms with Gasteiger partial charge in [0.1, 0.15) is 12.4 Å². The van der Waals surface area contributed by atoms with E-state index in [0.29, 0.717) is 11.6 Å². The fraction of sp³-hybridized carbons (Fsp3) is 0.444. The third-order valence-corrected chi connectivity index (χ3v) is 4.88. The molecule has 1 N–H and O–H groups in total. The van der Waals surface area contributed by atoms with E-state index in [1.807, 2.05) is 38.2 Å². The molecule has 2 rings (SSSR count). The second-order valence-electron chi connectivity index (χ2n) is 5.68. The highest BCUT2D eigenvalue weighted by molar-refractivity contribution is 7.09. The molecule has 0 aliphatic carbocycles. The smallest absolute Gasteiger partial charge is 0.193 e. The van der Waals surface area contributed by atoms with Gasteiger partial charge in [0.05, 0.1) is 11.6 Å². The lowest BCUT2D eigenvalue weighted by molar-refractivity contribution is 0.281. The summed E-state index contributed by atoms with van der Waals surface area (Å²) in [6.07, 6.45) is 2.02. The zero-order valence-electron chi connectivity index (χ0n) is 15.0. The van der Waals surface area contributed by atoms with Crippen LogP contribution >= 0.6 is 22.9 Å². The number of thiazole rings is 1. The second-order valence-corrected chi connectivity index (χ2v) is 7.06. The summed E-state index contributed by atoms with van der Waals surface area (Å²) in [6.45, 7) is 4.22. The number of guanidine groups is 1. The Kier molecular flexibility index (Phi) is 8.01. The predicted octanol–water partition coefficient (Wildman–Crippen LogP) is 3.62. The fourth-order valence-electron chi connectivity index (χ4n) is 2.28. The standard InChI is InChI=1S/C18H25ClN4OS/c1-14-13-25-17(22-14)5-4-10-21-18(20-2)23(3)11-12-24-16-8-6-15(19)7-9-16/h6-9,13H,4-5,10-12H2,1-3H3,(H,20,21). The van der Waals surface area contributed by atoms with Crippen LogP contribution in [0.5, 0.6) is 5.75 Å². The molecule has 0 unspecified atom stereocenters. The van der Waals surface area contributed by atoms with E-state index < -0.39 is 0 Å². The Morgan fingerprint density at radius 2 is 2.12 bits per heavy atom. The topological polar surface area (TPSA) is 49.8 Å². The van der Waals surface area contributed by atoms with Crippen molar-refractivity contribution in [3.63, 3.8) is 0 Å². The van der Waals surface area contributed by atoms with Gasteiger partial charge in [-0.2, -0.15) is 0 Å². The molecular weight excluding hydrogens is 356 g/mol. The Morgan fingerprint density at radius 1 is 1.36 bits per heavy atom. The molecule has 0 aliphatic rings. The molecule has 136 valence electrons. The summed E-state index contributed by atoms with van der Waals surface area (Å²) in [5, 5.41) is 7.38.